The van der Waals surface area contributed by atoms with Gasteiger partial charge in [-0.1, -0.05) is 24.1 Å². The number of ether oxygens (including phenoxy) is 1. The van der Waals surface area contributed by atoms with Gasteiger partial charge in [-0.3, -0.25) is 4.99 Å². The summed E-state index contributed by atoms with van der Waals surface area (Å²) in [5, 5.41) is 15.4. The van der Waals surface area contributed by atoms with Crippen molar-refractivity contribution in [2.75, 3.05) is 20.7 Å². The number of aryl methyl sites for hydroxylation is 2. The number of guanidine groups is 1. The number of nitrogens with zero attached hydrogens (tertiary/aromatic N) is 4. The van der Waals surface area contributed by atoms with Crippen molar-refractivity contribution in [2.24, 2.45) is 4.99 Å². The first kappa shape index (κ1) is 19.2. The van der Waals surface area contributed by atoms with E-state index in [0.29, 0.717) is 6.54 Å². The zero-order valence-electron chi connectivity index (χ0n) is 16.6. The van der Waals surface area contributed by atoms with Crippen LogP contribution < -0.4 is 15.4 Å². The number of aromatic nitrogens is 3. The summed E-state index contributed by atoms with van der Waals surface area (Å²) in [5.41, 5.74) is 2.43. The lowest BCUT2D eigenvalue weighted by Crippen LogP contribution is -2.38. The van der Waals surface area contributed by atoms with E-state index in [1.54, 1.807) is 14.2 Å². The van der Waals surface area contributed by atoms with E-state index < -0.39 is 0 Å². The monoisotopic (exact) mass is 370 g/mol. The minimum Gasteiger partial charge on any atom is -0.496 e. The molecule has 146 valence electrons. The average molecular weight is 371 g/mol. The molecule has 1 aliphatic heterocycles. The van der Waals surface area contributed by atoms with Crippen molar-refractivity contribution in [1.29, 1.82) is 0 Å². The zero-order valence-corrected chi connectivity index (χ0v) is 16.6. The van der Waals surface area contributed by atoms with Crippen molar-refractivity contribution >= 4 is 5.96 Å². The fraction of sp³-hybridized carbons (Fsp3) is 0.550. The highest BCUT2D eigenvalue weighted by Gasteiger charge is 2.14. The molecule has 0 spiro atoms. The Hall–Kier alpha value is -2.57. The van der Waals surface area contributed by atoms with Crippen molar-refractivity contribution in [1.82, 2.24) is 25.4 Å². The summed E-state index contributed by atoms with van der Waals surface area (Å²) in [7, 11) is 3.50. The van der Waals surface area contributed by atoms with Gasteiger partial charge in [-0.05, 0) is 37.8 Å². The Morgan fingerprint density at radius 2 is 2.11 bits per heavy atom. The minimum atomic E-state index is 0.625. The van der Waals surface area contributed by atoms with E-state index in [9.17, 15) is 0 Å². The molecular formula is C20H30N6O. The summed E-state index contributed by atoms with van der Waals surface area (Å²) in [6.07, 6.45) is 5.56. The maximum atomic E-state index is 5.45. The highest BCUT2D eigenvalue weighted by atomic mass is 16.5. The highest BCUT2D eigenvalue weighted by molar-refractivity contribution is 5.79. The van der Waals surface area contributed by atoms with Gasteiger partial charge >= 0.3 is 0 Å². The molecule has 2 N–H and O–H groups in total. The molecule has 7 nitrogen and oxygen atoms in total. The number of fused-ring (bicyclic) bond motifs is 1. The van der Waals surface area contributed by atoms with Gasteiger partial charge < -0.3 is 19.9 Å². The van der Waals surface area contributed by atoms with Gasteiger partial charge in [0.05, 0.1) is 13.7 Å². The Morgan fingerprint density at radius 1 is 1.22 bits per heavy atom. The molecule has 27 heavy (non-hydrogen) atoms. The number of aliphatic imine (C=N–C) groups is 1. The van der Waals surface area contributed by atoms with Crippen LogP contribution in [-0.4, -0.2) is 41.4 Å². The predicted octanol–water partition coefficient (Wildman–Crippen LogP) is 2.23. The molecule has 0 saturated heterocycles. The van der Waals surface area contributed by atoms with Crippen LogP contribution in [0.15, 0.2) is 23.2 Å². The SMILES string of the molecule is CN=C(NCCc1cc(C)ccc1OC)NCc1nnc2n1CCCCC2. The Labute approximate surface area is 161 Å². The number of rotatable bonds is 6. The molecule has 2 aromatic rings. The summed E-state index contributed by atoms with van der Waals surface area (Å²) in [6.45, 7) is 4.51. The quantitative estimate of drug-likeness (QED) is 0.602. The van der Waals surface area contributed by atoms with Gasteiger partial charge in [0.25, 0.3) is 0 Å². The number of hydrogen-bond acceptors (Lipinski definition) is 4. The molecule has 0 atom stereocenters. The molecule has 0 fully saturated rings. The summed E-state index contributed by atoms with van der Waals surface area (Å²) in [4.78, 5) is 4.32. The molecule has 0 aliphatic carbocycles. The van der Waals surface area contributed by atoms with Crippen molar-refractivity contribution in [3.63, 3.8) is 0 Å². The lowest BCUT2D eigenvalue weighted by Gasteiger charge is -2.14. The van der Waals surface area contributed by atoms with Crippen molar-refractivity contribution in [2.45, 2.75) is 52.1 Å². The van der Waals surface area contributed by atoms with E-state index in [1.165, 1.54) is 30.4 Å². The Morgan fingerprint density at radius 3 is 2.93 bits per heavy atom. The largest absolute Gasteiger partial charge is 0.496 e. The smallest absolute Gasteiger partial charge is 0.191 e. The second kappa shape index (κ2) is 9.39. The third kappa shape index (κ3) is 4.99. The van der Waals surface area contributed by atoms with Gasteiger partial charge in [0.2, 0.25) is 0 Å². The molecule has 0 amide bonds. The second-order valence-corrected chi connectivity index (χ2v) is 6.91. The molecular weight excluding hydrogens is 340 g/mol. The van der Waals surface area contributed by atoms with Gasteiger partial charge in [0.15, 0.2) is 11.8 Å². The van der Waals surface area contributed by atoms with Gasteiger partial charge in [0.1, 0.15) is 11.6 Å². The van der Waals surface area contributed by atoms with E-state index in [-0.39, 0.29) is 0 Å². The molecule has 2 heterocycles. The standard InChI is InChI=1S/C20H30N6O/c1-15-8-9-17(27-3)16(13-15)10-11-22-20(21-2)23-14-19-25-24-18-7-5-4-6-12-26(18)19/h8-9,13H,4-7,10-12,14H2,1-3H3,(H2,21,22,23). The average Bonchev–Trinajstić information content (AvgIpc) is 2.91. The minimum absolute atomic E-state index is 0.625. The third-order valence-electron chi connectivity index (χ3n) is 4.95. The first-order valence-electron chi connectivity index (χ1n) is 9.70. The van der Waals surface area contributed by atoms with Crippen molar-refractivity contribution < 1.29 is 4.74 Å². The van der Waals surface area contributed by atoms with Crippen LogP contribution in [0.5, 0.6) is 5.75 Å². The van der Waals surface area contributed by atoms with E-state index in [1.807, 2.05) is 6.07 Å². The number of benzene rings is 1. The topological polar surface area (TPSA) is 76.4 Å². The van der Waals surface area contributed by atoms with E-state index >= 15 is 0 Å². The molecule has 3 rings (SSSR count). The number of methoxy groups -OCH3 is 1. The van der Waals surface area contributed by atoms with Crippen LogP contribution in [0.4, 0.5) is 0 Å². The van der Waals surface area contributed by atoms with Crippen LogP contribution in [0.25, 0.3) is 0 Å². The van der Waals surface area contributed by atoms with Crippen LogP contribution in [0.1, 0.15) is 42.0 Å². The Bertz CT molecular complexity index is 783. The third-order valence-corrected chi connectivity index (χ3v) is 4.95. The number of hydrogen-bond donors (Lipinski definition) is 2. The molecule has 0 unspecified atom stereocenters. The molecule has 0 saturated carbocycles. The van der Waals surface area contributed by atoms with Gasteiger partial charge in [-0.15, -0.1) is 10.2 Å². The number of nitrogens with one attached hydrogen (secondary N) is 2. The maximum Gasteiger partial charge on any atom is 0.191 e. The maximum absolute atomic E-state index is 5.45. The first-order chi connectivity index (χ1) is 13.2. The second-order valence-electron chi connectivity index (χ2n) is 6.91. The van der Waals surface area contributed by atoms with Crippen molar-refractivity contribution in [3.8, 4) is 5.75 Å². The normalized spacial score (nSPS) is 14.4. The van der Waals surface area contributed by atoms with Gasteiger partial charge in [-0.2, -0.15) is 0 Å². The van der Waals surface area contributed by atoms with Gasteiger partial charge in [0, 0.05) is 26.6 Å². The fourth-order valence-electron chi connectivity index (χ4n) is 3.48. The molecule has 1 aromatic carbocycles. The van der Waals surface area contributed by atoms with Crippen LogP contribution >= 0.6 is 0 Å². The molecule has 1 aliphatic rings. The highest BCUT2D eigenvalue weighted by Crippen LogP contribution is 2.19. The summed E-state index contributed by atoms with van der Waals surface area (Å²) in [5.74, 6) is 3.79. The lowest BCUT2D eigenvalue weighted by molar-refractivity contribution is 0.409. The van der Waals surface area contributed by atoms with E-state index in [4.69, 9.17) is 4.74 Å². The molecule has 7 heteroatoms. The summed E-state index contributed by atoms with van der Waals surface area (Å²) < 4.78 is 7.71. The van der Waals surface area contributed by atoms with E-state index in [2.05, 4.69) is 49.4 Å². The lowest BCUT2D eigenvalue weighted by atomic mass is 10.1. The molecule has 1 aromatic heterocycles. The van der Waals surface area contributed by atoms with Gasteiger partial charge in [-0.25, -0.2) is 0 Å². The van der Waals surface area contributed by atoms with Crippen LogP contribution in [0.3, 0.4) is 0 Å². The molecule has 0 radical (unpaired) electrons. The zero-order chi connectivity index (χ0) is 19.1. The van der Waals surface area contributed by atoms with Crippen LogP contribution in [0, 0.1) is 6.92 Å². The van der Waals surface area contributed by atoms with Crippen LogP contribution in [0.2, 0.25) is 0 Å². The Balaban J connectivity index is 1.52. The predicted molar refractivity (Wildman–Crippen MR) is 107 cm³/mol. The first-order valence-corrected chi connectivity index (χ1v) is 9.70. The summed E-state index contributed by atoms with van der Waals surface area (Å²) >= 11 is 0. The van der Waals surface area contributed by atoms with Crippen molar-refractivity contribution in [3.05, 3.63) is 41.0 Å². The fourth-order valence-corrected chi connectivity index (χ4v) is 3.48. The Kier molecular flexibility index (Phi) is 6.68. The molecule has 0 bridgehead atoms. The summed E-state index contributed by atoms with van der Waals surface area (Å²) in [6, 6.07) is 6.26. The van der Waals surface area contributed by atoms with E-state index in [0.717, 1.165) is 49.3 Å². The van der Waals surface area contributed by atoms with Crippen LogP contribution in [-0.2, 0) is 25.9 Å².